The maximum atomic E-state index is 8.85. The van der Waals surface area contributed by atoms with Crippen LogP contribution in [0.1, 0.15) is 0 Å². The van der Waals surface area contributed by atoms with Gasteiger partial charge in [-0.3, -0.25) is 10.1 Å². The first-order valence-corrected chi connectivity index (χ1v) is 1.33. The van der Waals surface area contributed by atoms with Crippen molar-refractivity contribution >= 4 is 0 Å². The van der Waals surface area contributed by atoms with E-state index in [9.17, 15) is 0 Å². The molecule has 11 heavy (non-hydrogen) atoms. The first-order valence-electron chi connectivity index (χ1n) is 1.33. The molecule has 0 aromatic carbocycles. The number of hydrogen-bond acceptors (Lipinski definition) is 9. The van der Waals surface area contributed by atoms with Crippen molar-refractivity contribution in [3.8, 4) is 0 Å². The maximum absolute atomic E-state index is 8.85. The van der Waals surface area contributed by atoms with Crippen LogP contribution in [0.4, 0.5) is 0 Å². The number of rotatable bonds is 6. The first-order chi connectivity index (χ1) is 4.41. The molecule has 0 atom stereocenters. The molecule has 0 N–H and O–H groups in total. The van der Waals surface area contributed by atoms with Crippen LogP contribution in [-0.2, 0) is 35.3 Å². The Labute approximate surface area is 145 Å². The van der Waals surface area contributed by atoms with Crippen LogP contribution in [0.15, 0.2) is 0 Å². The Bertz CT molecular complexity index is 40.8. The molecule has 0 aromatic heterocycles. The second kappa shape index (κ2) is 18.6. The van der Waals surface area contributed by atoms with Crippen molar-refractivity contribution in [2.75, 3.05) is 0 Å². The molecule has 0 rings (SSSR count). The van der Waals surface area contributed by atoms with Crippen LogP contribution in [0.25, 0.3) is 0 Å². The largest absolute Gasteiger partial charge is 1.00 e. The molecular formula is K2O9. The second-order valence-corrected chi connectivity index (χ2v) is 0.476. The van der Waals surface area contributed by atoms with E-state index in [0.717, 1.165) is 0 Å². The molecule has 0 saturated heterocycles. The topological polar surface area (TPSA) is 111 Å². The predicted octanol–water partition coefficient (Wildman–Crippen LogP) is -8.85. The summed E-state index contributed by atoms with van der Waals surface area (Å²) in [4.78, 5) is 0. The van der Waals surface area contributed by atoms with Crippen LogP contribution in [0.3, 0.4) is 0 Å². The van der Waals surface area contributed by atoms with E-state index in [4.69, 9.17) is 10.5 Å². The van der Waals surface area contributed by atoms with Crippen LogP contribution in [-0.4, -0.2) is 0 Å². The van der Waals surface area contributed by atoms with E-state index < -0.39 is 0 Å². The molecule has 0 amide bonds. The van der Waals surface area contributed by atoms with Gasteiger partial charge in [0.05, 0.1) is 0 Å². The van der Waals surface area contributed by atoms with Gasteiger partial charge < -0.3 is 10.5 Å². The molecule has 0 unspecified atom stereocenters. The molecule has 0 aromatic rings. The molecule has 0 spiro atoms. The summed E-state index contributed by atoms with van der Waals surface area (Å²) >= 11 is 0. The zero-order valence-corrected chi connectivity index (χ0v) is 11.9. The summed E-state index contributed by atoms with van der Waals surface area (Å²) in [6.07, 6.45) is 0. The van der Waals surface area contributed by atoms with Crippen LogP contribution in [0.5, 0.6) is 0 Å². The van der Waals surface area contributed by atoms with Gasteiger partial charge >= 0.3 is 103 Å². The second-order valence-electron chi connectivity index (χ2n) is 0.476. The molecule has 0 bridgehead atoms. The Hall–Kier alpha value is 2.91. The Morgan fingerprint density at radius 1 is 0.545 bits per heavy atom. The van der Waals surface area contributed by atoms with Crippen LogP contribution >= 0.6 is 0 Å². The van der Waals surface area contributed by atoms with Gasteiger partial charge in [0.2, 0.25) is 0 Å². The van der Waals surface area contributed by atoms with Crippen molar-refractivity contribution in [1.29, 1.82) is 0 Å². The molecule has 0 heterocycles. The average molecular weight is 222 g/mol. The molecule has 0 aliphatic carbocycles. The summed E-state index contributed by atoms with van der Waals surface area (Å²) in [5, 5.41) is 38.5. The third-order valence-electron chi connectivity index (χ3n) is 0.167. The quantitative estimate of drug-likeness (QED) is 0.187. The van der Waals surface area contributed by atoms with E-state index in [1.54, 1.807) is 0 Å². The fraction of sp³-hybridized carbons (Fsp3) is 0. The minimum atomic E-state index is 0. The van der Waals surface area contributed by atoms with Gasteiger partial charge in [-0.15, -0.1) is 0 Å². The molecule has 0 saturated carbocycles. The van der Waals surface area contributed by atoms with Crippen molar-refractivity contribution in [3.05, 3.63) is 0 Å². The van der Waals surface area contributed by atoms with E-state index in [-0.39, 0.29) is 103 Å². The molecule has 0 aliphatic rings. The molecule has 0 radical (unpaired) electrons. The van der Waals surface area contributed by atoms with Crippen LogP contribution in [0.2, 0.25) is 0 Å². The van der Waals surface area contributed by atoms with Gasteiger partial charge in [0.15, 0.2) is 0 Å². The Kier molecular flexibility index (Phi) is 33.0. The van der Waals surface area contributed by atoms with Gasteiger partial charge in [-0.1, -0.05) is 0 Å². The SMILES string of the molecule is [K+].[K+].[O-]OOOOOOO[O-]. The summed E-state index contributed by atoms with van der Waals surface area (Å²) in [6.45, 7) is 0. The van der Waals surface area contributed by atoms with Crippen LogP contribution in [0, 0.1) is 0 Å². The molecular weight excluding hydrogens is 222 g/mol. The van der Waals surface area contributed by atoms with Crippen molar-refractivity contribution in [2.24, 2.45) is 0 Å². The monoisotopic (exact) mass is 222 g/mol. The maximum Gasteiger partial charge on any atom is 1.00 e. The Balaban J connectivity index is -0.000000320. The van der Waals surface area contributed by atoms with Gasteiger partial charge in [0.1, 0.15) is 0 Å². The fourth-order valence-electron chi connectivity index (χ4n) is 0.0567. The molecule has 0 aliphatic heterocycles. The minimum absolute atomic E-state index is 0. The Morgan fingerprint density at radius 2 is 0.818 bits per heavy atom. The standard InChI is InChI=1S/2K.H2O9/c;;1-3-5-7-9-8-6-4-2/h;;1-2H/q2*+1;/p-2. The first kappa shape index (κ1) is 19.5. The van der Waals surface area contributed by atoms with Gasteiger partial charge in [0, 0.05) is 0 Å². The molecule has 56 valence electrons. The van der Waals surface area contributed by atoms with E-state index in [1.165, 1.54) is 0 Å². The van der Waals surface area contributed by atoms with E-state index in [1.807, 2.05) is 0 Å². The van der Waals surface area contributed by atoms with Gasteiger partial charge in [-0.2, -0.15) is 0 Å². The van der Waals surface area contributed by atoms with Crippen molar-refractivity contribution in [2.45, 2.75) is 0 Å². The van der Waals surface area contributed by atoms with Crippen LogP contribution < -0.4 is 113 Å². The summed E-state index contributed by atoms with van der Waals surface area (Å²) in [5.41, 5.74) is 0. The van der Waals surface area contributed by atoms with E-state index >= 15 is 0 Å². The third kappa shape index (κ3) is 19.4. The predicted molar refractivity (Wildman–Crippen MR) is 7.59 cm³/mol. The Morgan fingerprint density at radius 3 is 1.09 bits per heavy atom. The zero-order chi connectivity index (χ0) is 6.95. The molecule has 11 heteroatoms. The van der Waals surface area contributed by atoms with E-state index in [2.05, 4.69) is 35.3 Å². The summed E-state index contributed by atoms with van der Waals surface area (Å²) in [5.74, 6) is 0. The molecule has 9 nitrogen and oxygen atoms in total. The summed E-state index contributed by atoms with van der Waals surface area (Å²) in [6, 6.07) is 0. The normalized spacial score (nSPS) is 8.18. The van der Waals surface area contributed by atoms with Crippen molar-refractivity contribution in [1.82, 2.24) is 0 Å². The smallest absolute Gasteiger partial charge is 0.689 e. The number of hydrogen-bond donors (Lipinski definition) is 0. The summed E-state index contributed by atoms with van der Waals surface area (Å²) in [7, 11) is 0. The van der Waals surface area contributed by atoms with Gasteiger partial charge in [-0.25, -0.2) is 0 Å². The van der Waals surface area contributed by atoms with E-state index in [0.29, 0.717) is 0 Å². The van der Waals surface area contributed by atoms with Gasteiger partial charge in [-0.05, 0) is 25.2 Å². The fourth-order valence-corrected chi connectivity index (χ4v) is 0.0567. The summed E-state index contributed by atoms with van der Waals surface area (Å²) < 4.78 is 0. The minimum Gasteiger partial charge on any atom is -0.689 e. The van der Waals surface area contributed by atoms with Gasteiger partial charge in [0.25, 0.3) is 0 Å². The van der Waals surface area contributed by atoms with Crippen molar-refractivity contribution < 1.29 is 149 Å². The average Bonchev–Trinajstić information content (AvgIpc) is 1.89. The zero-order valence-electron chi connectivity index (χ0n) is 5.67. The molecule has 0 fully saturated rings. The van der Waals surface area contributed by atoms with Crippen molar-refractivity contribution in [3.63, 3.8) is 0 Å². The third-order valence-corrected chi connectivity index (χ3v) is 0.167.